The smallest absolute Gasteiger partial charge is 0.271 e. The number of carbonyl (C=O) groups excluding carboxylic acids is 1. The maximum atomic E-state index is 11.6. The van der Waals surface area contributed by atoms with E-state index in [1.54, 1.807) is 6.07 Å². The molecule has 1 heterocycles. The van der Waals surface area contributed by atoms with Crippen LogP contribution in [0.15, 0.2) is 6.07 Å². The third-order valence-electron chi connectivity index (χ3n) is 3.08. The van der Waals surface area contributed by atoms with E-state index >= 15 is 0 Å². The second-order valence-corrected chi connectivity index (χ2v) is 4.40. The highest BCUT2D eigenvalue weighted by molar-refractivity contribution is 5.92. The molecule has 0 bridgehead atoms. The SMILES string of the molecule is Cc1cc(C(=O)NCC2CCCC2O)n[nH]1. The maximum Gasteiger partial charge on any atom is 0.271 e. The lowest BCUT2D eigenvalue weighted by atomic mass is 10.1. The number of aromatic nitrogens is 2. The normalized spacial score (nSPS) is 24.6. The van der Waals surface area contributed by atoms with Crippen LogP contribution in [0, 0.1) is 12.8 Å². The third kappa shape index (κ3) is 2.41. The monoisotopic (exact) mass is 223 g/mol. The van der Waals surface area contributed by atoms with E-state index in [-0.39, 0.29) is 17.9 Å². The van der Waals surface area contributed by atoms with Crippen molar-refractivity contribution in [3.8, 4) is 0 Å². The fraction of sp³-hybridized carbons (Fsp3) is 0.636. The van der Waals surface area contributed by atoms with Crippen LogP contribution < -0.4 is 5.32 Å². The number of aliphatic hydroxyl groups excluding tert-OH is 1. The van der Waals surface area contributed by atoms with Crippen LogP contribution >= 0.6 is 0 Å². The summed E-state index contributed by atoms with van der Waals surface area (Å²) in [5, 5.41) is 19.0. The van der Waals surface area contributed by atoms with Gasteiger partial charge in [0, 0.05) is 18.2 Å². The van der Waals surface area contributed by atoms with Crippen molar-refractivity contribution in [2.24, 2.45) is 5.92 Å². The molecule has 0 radical (unpaired) electrons. The number of H-pyrrole nitrogens is 1. The van der Waals surface area contributed by atoms with Crippen molar-refractivity contribution in [3.63, 3.8) is 0 Å². The largest absolute Gasteiger partial charge is 0.393 e. The Hall–Kier alpha value is -1.36. The Labute approximate surface area is 94.2 Å². The summed E-state index contributed by atoms with van der Waals surface area (Å²) in [6.45, 7) is 2.39. The van der Waals surface area contributed by atoms with Crippen molar-refractivity contribution in [2.75, 3.05) is 6.54 Å². The molecule has 5 nitrogen and oxygen atoms in total. The van der Waals surface area contributed by atoms with Gasteiger partial charge >= 0.3 is 0 Å². The molecule has 0 aromatic carbocycles. The second kappa shape index (κ2) is 4.65. The third-order valence-corrected chi connectivity index (χ3v) is 3.08. The Balaban J connectivity index is 1.84. The minimum absolute atomic E-state index is 0.177. The number of aromatic amines is 1. The van der Waals surface area contributed by atoms with Gasteiger partial charge in [0.2, 0.25) is 0 Å². The minimum Gasteiger partial charge on any atom is -0.393 e. The first-order valence-corrected chi connectivity index (χ1v) is 5.65. The number of rotatable bonds is 3. The summed E-state index contributed by atoms with van der Waals surface area (Å²) in [5.74, 6) is 0.0208. The van der Waals surface area contributed by atoms with E-state index in [0.717, 1.165) is 25.0 Å². The van der Waals surface area contributed by atoms with Gasteiger partial charge in [0.15, 0.2) is 0 Å². The van der Waals surface area contributed by atoms with Crippen LogP contribution in [0.5, 0.6) is 0 Å². The van der Waals surface area contributed by atoms with Crippen LogP contribution in [0.25, 0.3) is 0 Å². The van der Waals surface area contributed by atoms with Crippen molar-refractivity contribution < 1.29 is 9.90 Å². The van der Waals surface area contributed by atoms with Crippen molar-refractivity contribution in [1.82, 2.24) is 15.5 Å². The van der Waals surface area contributed by atoms with Gasteiger partial charge < -0.3 is 10.4 Å². The van der Waals surface area contributed by atoms with E-state index in [9.17, 15) is 9.90 Å². The van der Waals surface area contributed by atoms with Gasteiger partial charge in [-0.1, -0.05) is 6.42 Å². The molecular formula is C11H17N3O2. The molecular weight excluding hydrogens is 206 g/mol. The van der Waals surface area contributed by atoms with Crippen molar-refractivity contribution in [3.05, 3.63) is 17.5 Å². The highest BCUT2D eigenvalue weighted by Crippen LogP contribution is 2.24. The predicted octanol–water partition coefficient (Wildman–Crippen LogP) is 0.609. The topological polar surface area (TPSA) is 78.0 Å². The zero-order valence-electron chi connectivity index (χ0n) is 9.36. The Morgan fingerprint density at radius 3 is 3.06 bits per heavy atom. The molecule has 1 fully saturated rings. The first kappa shape index (κ1) is 11.1. The zero-order chi connectivity index (χ0) is 11.5. The Morgan fingerprint density at radius 2 is 2.50 bits per heavy atom. The summed E-state index contributed by atoms with van der Waals surface area (Å²) in [5.41, 5.74) is 1.27. The van der Waals surface area contributed by atoms with Gasteiger partial charge in [0.25, 0.3) is 5.91 Å². The molecule has 2 rings (SSSR count). The summed E-state index contributed by atoms with van der Waals surface area (Å²) < 4.78 is 0. The molecule has 0 aliphatic heterocycles. The second-order valence-electron chi connectivity index (χ2n) is 4.40. The Bertz CT molecular complexity index is 375. The standard InChI is InChI=1S/C11H17N3O2/c1-7-5-9(14-13-7)11(16)12-6-8-3-2-4-10(8)15/h5,8,10,15H,2-4,6H2,1H3,(H,12,16)(H,13,14). The van der Waals surface area contributed by atoms with Crippen LogP contribution in [0.1, 0.15) is 35.4 Å². The maximum absolute atomic E-state index is 11.6. The number of aryl methyl sites for hydroxylation is 1. The lowest BCUT2D eigenvalue weighted by Crippen LogP contribution is -2.32. The first-order chi connectivity index (χ1) is 7.66. The Morgan fingerprint density at radius 1 is 1.69 bits per heavy atom. The number of nitrogens with zero attached hydrogens (tertiary/aromatic N) is 1. The number of hydrogen-bond acceptors (Lipinski definition) is 3. The zero-order valence-corrected chi connectivity index (χ0v) is 9.36. The summed E-state index contributed by atoms with van der Waals surface area (Å²) in [7, 11) is 0. The number of aliphatic hydroxyl groups is 1. The fourth-order valence-electron chi connectivity index (χ4n) is 2.10. The van der Waals surface area contributed by atoms with E-state index in [0.29, 0.717) is 12.2 Å². The molecule has 1 aromatic rings. The molecule has 0 spiro atoms. The molecule has 1 amide bonds. The molecule has 1 saturated carbocycles. The molecule has 2 unspecified atom stereocenters. The van der Waals surface area contributed by atoms with Gasteiger partial charge in [-0.3, -0.25) is 9.89 Å². The molecule has 1 aromatic heterocycles. The fourth-order valence-corrected chi connectivity index (χ4v) is 2.10. The average molecular weight is 223 g/mol. The number of amides is 1. The quantitative estimate of drug-likeness (QED) is 0.702. The molecule has 5 heteroatoms. The van der Waals surface area contributed by atoms with Gasteiger partial charge in [0.1, 0.15) is 5.69 Å². The van der Waals surface area contributed by atoms with Gasteiger partial charge in [-0.15, -0.1) is 0 Å². The van der Waals surface area contributed by atoms with E-state index < -0.39 is 0 Å². The van der Waals surface area contributed by atoms with Crippen LogP contribution in [-0.4, -0.2) is 33.9 Å². The molecule has 2 atom stereocenters. The summed E-state index contributed by atoms with van der Waals surface area (Å²) in [6.07, 6.45) is 2.62. The number of nitrogens with one attached hydrogen (secondary N) is 2. The van der Waals surface area contributed by atoms with Gasteiger partial charge in [-0.2, -0.15) is 5.10 Å². The van der Waals surface area contributed by atoms with E-state index in [4.69, 9.17) is 0 Å². The minimum atomic E-state index is -0.263. The highest BCUT2D eigenvalue weighted by Gasteiger charge is 2.25. The summed E-state index contributed by atoms with van der Waals surface area (Å²) >= 11 is 0. The van der Waals surface area contributed by atoms with E-state index in [1.165, 1.54) is 0 Å². The van der Waals surface area contributed by atoms with E-state index in [2.05, 4.69) is 15.5 Å². The summed E-state index contributed by atoms with van der Waals surface area (Å²) in [4.78, 5) is 11.6. The van der Waals surface area contributed by atoms with Crippen molar-refractivity contribution in [2.45, 2.75) is 32.3 Å². The molecule has 1 aliphatic rings. The van der Waals surface area contributed by atoms with Crippen LogP contribution in [0.3, 0.4) is 0 Å². The van der Waals surface area contributed by atoms with Gasteiger partial charge in [-0.05, 0) is 25.8 Å². The molecule has 88 valence electrons. The highest BCUT2D eigenvalue weighted by atomic mass is 16.3. The molecule has 3 N–H and O–H groups in total. The molecule has 16 heavy (non-hydrogen) atoms. The summed E-state index contributed by atoms with van der Waals surface area (Å²) in [6, 6.07) is 1.71. The van der Waals surface area contributed by atoms with Crippen molar-refractivity contribution >= 4 is 5.91 Å². The molecule has 1 aliphatic carbocycles. The van der Waals surface area contributed by atoms with Crippen LogP contribution in [-0.2, 0) is 0 Å². The lowest BCUT2D eigenvalue weighted by molar-refractivity contribution is 0.0912. The predicted molar refractivity (Wildman–Crippen MR) is 59.0 cm³/mol. The van der Waals surface area contributed by atoms with Gasteiger partial charge in [0.05, 0.1) is 6.10 Å². The average Bonchev–Trinajstić information content (AvgIpc) is 2.84. The number of hydrogen-bond donors (Lipinski definition) is 3. The first-order valence-electron chi connectivity index (χ1n) is 5.65. The van der Waals surface area contributed by atoms with Crippen molar-refractivity contribution in [1.29, 1.82) is 0 Å². The molecule has 0 saturated heterocycles. The lowest BCUT2D eigenvalue weighted by Gasteiger charge is -2.14. The number of carbonyl (C=O) groups is 1. The Kier molecular flexibility index (Phi) is 3.24. The van der Waals surface area contributed by atoms with Gasteiger partial charge in [-0.25, -0.2) is 0 Å². The van der Waals surface area contributed by atoms with Crippen LogP contribution in [0.4, 0.5) is 0 Å². The van der Waals surface area contributed by atoms with Crippen LogP contribution in [0.2, 0.25) is 0 Å². The van der Waals surface area contributed by atoms with E-state index in [1.807, 2.05) is 6.92 Å².